The molecule has 35 heavy (non-hydrogen) atoms. The van der Waals surface area contributed by atoms with Gasteiger partial charge in [-0.15, -0.1) is 0 Å². The number of hydrogen-bond donors (Lipinski definition) is 3. The third-order valence-electron chi connectivity index (χ3n) is 5.30. The zero-order chi connectivity index (χ0) is 26.1. The predicted molar refractivity (Wildman–Crippen MR) is 112 cm³/mol. The fourth-order valence-electron chi connectivity index (χ4n) is 3.68. The Bertz CT molecular complexity index is 1160. The molecule has 4 rings (SSSR count). The van der Waals surface area contributed by atoms with E-state index < -0.39 is 29.9 Å². The van der Waals surface area contributed by atoms with Gasteiger partial charge in [-0.2, -0.15) is 26.3 Å². The summed E-state index contributed by atoms with van der Waals surface area (Å²) >= 11 is 0. The van der Waals surface area contributed by atoms with Crippen LogP contribution in [0.1, 0.15) is 21.5 Å². The Hall–Kier alpha value is -3.61. The molecule has 0 spiro atoms. The van der Waals surface area contributed by atoms with Gasteiger partial charge in [0.25, 0.3) is 5.91 Å². The average molecular weight is 503 g/mol. The number of hydrogen-bond acceptors (Lipinski definition) is 4. The van der Waals surface area contributed by atoms with E-state index in [1.54, 1.807) is 31.2 Å². The molecule has 0 saturated carbocycles. The molecule has 1 fully saturated rings. The molecule has 0 bridgehead atoms. The van der Waals surface area contributed by atoms with Crippen molar-refractivity contribution in [3.05, 3.63) is 53.1 Å². The number of amides is 2. The molecule has 2 aromatic rings. The number of nitrogens with zero attached hydrogens (tertiary/aromatic N) is 1. The summed E-state index contributed by atoms with van der Waals surface area (Å²) < 4.78 is 71.2. The Kier molecular flexibility index (Phi) is 7.11. The van der Waals surface area contributed by atoms with Gasteiger partial charge in [-0.3, -0.25) is 9.59 Å². The maximum absolute atomic E-state index is 13.2. The smallest absolute Gasteiger partial charge is 0.475 e. The van der Waals surface area contributed by atoms with Gasteiger partial charge in [0.2, 0.25) is 5.91 Å². The minimum Gasteiger partial charge on any atom is -0.475 e. The van der Waals surface area contributed by atoms with Gasteiger partial charge in [-0.05, 0) is 47.9 Å². The summed E-state index contributed by atoms with van der Waals surface area (Å²) in [6.45, 7) is 2.94. The molecular weight excluding hydrogens is 484 g/mol. The van der Waals surface area contributed by atoms with Gasteiger partial charge in [0.1, 0.15) is 6.04 Å². The van der Waals surface area contributed by atoms with Crippen molar-refractivity contribution in [3.63, 3.8) is 0 Å². The summed E-state index contributed by atoms with van der Waals surface area (Å²) in [6.07, 6.45) is -9.54. The number of carbonyl (C=O) groups is 3. The van der Waals surface area contributed by atoms with Crippen LogP contribution in [0.4, 0.5) is 32.0 Å². The predicted octanol–water partition coefficient (Wildman–Crippen LogP) is 3.68. The number of fused-ring (bicyclic) bond motifs is 2. The van der Waals surface area contributed by atoms with Crippen LogP contribution in [0.25, 0.3) is 11.1 Å². The number of benzene rings is 2. The van der Waals surface area contributed by atoms with Crippen LogP contribution in [-0.2, 0) is 15.8 Å². The summed E-state index contributed by atoms with van der Waals surface area (Å²) in [5, 5.41) is 13.0. The molecule has 7 nitrogen and oxygen atoms in total. The summed E-state index contributed by atoms with van der Waals surface area (Å²) in [5.41, 5.74) is 1.25. The van der Waals surface area contributed by atoms with Crippen molar-refractivity contribution in [1.82, 2.24) is 10.2 Å². The fraction of sp³-hybridized carbons (Fsp3) is 0.318. The number of aliphatic carboxylic acids is 1. The number of carboxylic acids is 1. The topological polar surface area (TPSA) is 98.7 Å². The van der Waals surface area contributed by atoms with E-state index in [2.05, 4.69) is 10.6 Å². The summed E-state index contributed by atoms with van der Waals surface area (Å²) in [5.74, 6) is -3.33. The van der Waals surface area contributed by atoms with Crippen molar-refractivity contribution >= 4 is 23.5 Å². The highest BCUT2D eigenvalue weighted by atomic mass is 19.4. The number of halogens is 6. The first-order valence-corrected chi connectivity index (χ1v) is 10.1. The van der Waals surface area contributed by atoms with Crippen molar-refractivity contribution in [2.24, 2.45) is 0 Å². The van der Waals surface area contributed by atoms with Crippen molar-refractivity contribution < 1.29 is 45.8 Å². The zero-order valence-corrected chi connectivity index (χ0v) is 18.0. The van der Waals surface area contributed by atoms with Crippen LogP contribution < -0.4 is 10.6 Å². The largest absolute Gasteiger partial charge is 0.490 e. The molecule has 13 heteroatoms. The molecule has 1 atom stereocenters. The van der Waals surface area contributed by atoms with Crippen LogP contribution in [-0.4, -0.2) is 59.6 Å². The van der Waals surface area contributed by atoms with Gasteiger partial charge >= 0.3 is 18.3 Å². The quantitative estimate of drug-likeness (QED) is 0.516. The van der Waals surface area contributed by atoms with E-state index in [0.29, 0.717) is 42.0 Å². The normalized spacial score (nSPS) is 17.9. The highest BCUT2D eigenvalue weighted by molar-refractivity contribution is 6.10. The third kappa shape index (κ3) is 5.91. The van der Waals surface area contributed by atoms with Crippen molar-refractivity contribution in [2.45, 2.75) is 25.3 Å². The SMILES string of the molecule is Cc1cc(-c2ccc3c(c2)C(=O)N2CCNC[C@H]2C(=O)N3)cc(C(F)(F)F)c1.O=C(O)C(F)(F)F. The lowest BCUT2D eigenvalue weighted by Crippen LogP contribution is -2.57. The van der Waals surface area contributed by atoms with E-state index >= 15 is 0 Å². The van der Waals surface area contributed by atoms with E-state index in [1.165, 1.54) is 4.90 Å². The van der Waals surface area contributed by atoms with Crippen LogP contribution in [0.15, 0.2) is 36.4 Å². The van der Waals surface area contributed by atoms with Crippen LogP contribution in [0.5, 0.6) is 0 Å². The Balaban J connectivity index is 0.000000429. The maximum Gasteiger partial charge on any atom is 0.490 e. The first kappa shape index (κ1) is 26.0. The molecule has 2 heterocycles. The van der Waals surface area contributed by atoms with Crippen LogP contribution in [0, 0.1) is 6.92 Å². The van der Waals surface area contributed by atoms with E-state index in [4.69, 9.17) is 9.90 Å². The number of rotatable bonds is 1. The second kappa shape index (κ2) is 9.56. The fourth-order valence-corrected chi connectivity index (χ4v) is 3.68. The summed E-state index contributed by atoms with van der Waals surface area (Å²) in [6, 6.07) is 7.94. The molecule has 2 aromatic carbocycles. The molecule has 3 N–H and O–H groups in total. The zero-order valence-electron chi connectivity index (χ0n) is 18.0. The van der Waals surface area contributed by atoms with E-state index in [0.717, 1.165) is 12.1 Å². The summed E-state index contributed by atoms with van der Waals surface area (Å²) in [4.78, 5) is 35.9. The Morgan fingerprint density at radius 1 is 1.03 bits per heavy atom. The number of nitrogens with one attached hydrogen (secondary N) is 2. The van der Waals surface area contributed by atoms with Gasteiger partial charge in [-0.25, -0.2) is 4.79 Å². The highest BCUT2D eigenvalue weighted by Crippen LogP contribution is 2.35. The Labute approximate surface area is 194 Å². The number of alkyl halides is 6. The second-order valence-corrected chi connectivity index (χ2v) is 7.86. The number of piperazine rings is 1. The molecule has 188 valence electrons. The van der Waals surface area contributed by atoms with Gasteiger partial charge in [0.05, 0.1) is 16.8 Å². The molecule has 2 amide bonds. The van der Waals surface area contributed by atoms with Gasteiger partial charge in [0.15, 0.2) is 0 Å². The molecule has 0 aromatic heterocycles. The average Bonchev–Trinajstić information content (AvgIpc) is 2.87. The third-order valence-corrected chi connectivity index (χ3v) is 5.30. The number of carbonyl (C=O) groups excluding carboxylic acids is 2. The minimum atomic E-state index is -5.08. The molecule has 0 aliphatic carbocycles. The Morgan fingerprint density at radius 2 is 1.69 bits per heavy atom. The van der Waals surface area contributed by atoms with Crippen molar-refractivity contribution in [3.8, 4) is 11.1 Å². The standard InChI is InChI=1S/C20H18F3N3O2.C2HF3O2/c1-11-6-13(8-14(7-11)20(21,22)23)12-2-3-16-15(9-12)19(28)26-5-4-24-10-17(26)18(27)25-16;3-2(4,5)1(6)7/h2-3,6-9,17,24H,4-5,10H2,1H3,(H,25,27);(H,6,7)/t17-;/m0./s1. The number of carboxylic acid groups (broad SMARTS) is 1. The molecule has 0 radical (unpaired) electrons. The monoisotopic (exact) mass is 503 g/mol. The van der Waals surface area contributed by atoms with E-state index in [1.807, 2.05) is 0 Å². The molecule has 2 aliphatic rings. The van der Waals surface area contributed by atoms with Crippen LogP contribution in [0.3, 0.4) is 0 Å². The first-order valence-electron chi connectivity index (χ1n) is 10.1. The van der Waals surface area contributed by atoms with Crippen molar-refractivity contribution in [1.29, 1.82) is 0 Å². The lowest BCUT2D eigenvalue weighted by molar-refractivity contribution is -0.192. The lowest BCUT2D eigenvalue weighted by atomic mass is 9.97. The van der Waals surface area contributed by atoms with Crippen molar-refractivity contribution in [2.75, 3.05) is 25.0 Å². The molecular formula is C22H19F6N3O4. The van der Waals surface area contributed by atoms with E-state index in [-0.39, 0.29) is 17.4 Å². The molecule has 1 saturated heterocycles. The second-order valence-electron chi connectivity index (χ2n) is 7.86. The van der Waals surface area contributed by atoms with Crippen LogP contribution in [0.2, 0.25) is 0 Å². The maximum atomic E-state index is 13.2. The number of anilines is 1. The van der Waals surface area contributed by atoms with Gasteiger partial charge in [0, 0.05) is 19.6 Å². The van der Waals surface area contributed by atoms with Crippen LogP contribution >= 0.6 is 0 Å². The highest BCUT2D eigenvalue weighted by Gasteiger charge is 2.38. The molecule has 2 aliphatic heterocycles. The first-order chi connectivity index (χ1) is 16.2. The van der Waals surface area contributed by atoms with E-state index in [9.17, 15) is 35.9 Å². The lowest BCUT2D eigenvalue weighted by Gasteiger charge is -2.33. The number of aryl methyl sites for hydroxylation is 1. The summed E-state index contributed by atoms with van der Waals surface area (Å²) in [7, 11) is 0. The van der Waals surface area contributed by atoms with Gasteiger partial charge in [-0.1, -0.05) is 12.1 Å². The van der Waals surface area contributed by atoms with Gasteiger partial charge < -0.3 is 20.6 Å². The Morgan fingerprint density at radius 3 is 2.29 bits per heavy atom. The minimum absolute atomic E-state index is 0.276. The molecule has 0 unspecified atom stereocenters.